The number of aryl methyl sites for hydroxylation is 2. The van der Waals surface area contributed by atoms with Gasteiger partial charge in [0.1, 0.15) is 35.7 Å². The van der Waals surface area contributed by atoms with Crippen LogP contribution in [0.5, 0.6) is 5.75 Å². The van der Waals surface area contributed by atoms with Crippen LogP contribution < -0.4 is 4.74 Å². The van der Waals surface area contributed by atoms with Gasteiger partial charge in [-0.15, -0.1) is 0 Å². The van der Waals surface area contributed by atoms with Gasteiger partial charge in [0.05, 0.1) is 18.5 Å². The lowest BCUT2D eigenvalue weighted by Gasteiger charge is -2.39. The van der Waals surface area contributed by atoms with Crippen LogP contribution in [0.15, 0.2) is 67.0 Å². The fraction of sp³-hybridized carbons (Fsp3) is 0.320. The number of nitrogens with zero attached hydrogens (tertiary/aromatic N) is 2. The quantitative estimate of drug-likeness (QED) is 0.353. The maximum absolute atomic E-state index is 10.3. The summed E-state index contributed by atoms with van der Waals surface area (Å²) in [5, 5.41) is 42.2. The van der Waals surface area contributed by atoms with Crippen molar-refractivity contribution in [3.63, 3.8) is 0 Å². The van der Waals surface area contributed by atoms with Crippen LogP contribution in [0, 0.1) is 0 Å². The van der Waals surface area contributed by atoms with E-state index < -0.39 is 37.3 Å². The molecule has 33 heavy (non-hydrogen) atoms. The van der Waals surface area contributed by atoms with E-state index in [1.54, 1.807) is 18.5 Å². The summed E-state index contributed by atoms with van der Waals surface area (Å²) >= 11 is 0. The van der Waals surface area contributed by atoms with Gasteiger partial charge in [-0.2, -0.15) is 0 Å². The van der Waals surface area contributed by atoms with Crippen molar-refractivity contribution in [2.45, 2.75) is 43.7 Å². The molecule has 4 N–H and O–H groups in total. The molecule has 8 nitrogen and oxygen atoms in total. The highest BCUT2D eigenvalue weighted by Gasteiger charge is 2.44. The molecular weight excluding hydrogens is 424 g/mol. The first-order valence-electron chi connectivity index (χ1n) is 10.9. The largest absolute Gasteiger partial charge is 0.460 e. The first-order valence-corrected chi connectivity index (χ1v) is 10.9. The second kappa shape index (κ2) is 9.09. The van der Waals surface area contributed by atoms with Gasteiger partial charge in [0.15, 0.2) is 0 Å². The number of aromatic nitrogens is 2. The Balaban J connectivity index is 1.39. The van der Waals surface area contributed by atoms with Crippen molar-refractivity contribution in [1.82, 2.24) is 9.55 Å². The SMILES string of the molecule is OCC1OC(Oc2cccc3ncn(CCc4ccc5ccccc5c4)c23)C(O)C(O)C1O. The molecule has 1 fully saturated rings. The van der Waals surface area contributed by atoms with Crippen LogP contribution in [-0.2, 0) is 17.7 Å². The summed E-state index contributed by atoms with van der Waals surface area (Å²) in [4.78, 5) is 4.46. The fourth-order valence-electron chi connectivity index (χ4n) is 4.29. The molecule has 4 aromatic rings. The molecule has 172 valence electrons. The average Bonchev–Trinajstić information content (AvgIpc) is 3.27. The number of hydrogen-bond donors (Lipinski definition) is 4. The molecular formula is C25H26N2O6. The second-order valence-electron chi connectivity index (χ2n) is 8.31. The lowest BCUT2D eigenvalue weighted by atomic mass is 9.99. The third-order valence-corrected chi connectivity index (χ3v) is 6.15. The molecule has 0 radical (unpaired) electrons. The molecule has 8 heteroatoms. The number of aliphatic hydroxyl groups is 4. The van der Waals surface area contributed by atoms with Crippen LogP contribution in [0.4, 0.5) is 0 Å². The third-order valence-electron chi connectivity index (χ3n) is 6.15. The number of benzene rings is 3. The van der Waals surface area contributed by atoms with E-state index in [4.69, 9.17) is 9.47 Å². The van der Waals surface area contributed by atoms with Crippen LogP contribution in [0.2, 0.25) is 0 Å². The van der Waals surface area contributed by atoms with E-state index in [0.29, 0.717) is 12.3 Å². The summed E-state index contributed by atoms with van der Waals surface area (Å²) in [7, 11) is 0. The molecule has 2 heterocycles. The van der Waals surface area contributed by atoms with E-state index in [0.717, 1.165) is 17.5 Å². The predicted octanol–water partition coefficient (Wildman–Crippen LogP) is 1.61. The van der Waals surface area contributed by atoms with E-state index in [-0.39, 0.29) is 0 Å². The van der Waals surface area contributed by atoms with E-state index in [9.17, 15) is 20.4 Å². The van der Waals surface area contributed by atoms with Gasteiger partial charge in [-0.25, -0.2) is 4.98 Å². The highest BCUT2D eigenvalue weighted by Crippen LogP contribution is 2.30. The summed E-state index contributed by atoms with van der Waals surface area (Å²) in [6, 6.07) is 20.0. The lowest BCUT2D eigenvalue weighted by molar-refractivity contribution is -0.277. The topological polar surface area (TPSA) is 117 Å². The lowest BCUT2D eigenvalue weighted by Crippen LogP contribution is -2.60. The van der Waals surface area contributed by atoms with E-state index in [1.807, 2.05) is 22.8 Å². The summed E-state index contributed by atoms with van der Waals surface area (Å²) in [6.07, 6.45) is -4.19. The Morgan fingerprint density at radius 3 is 2.55 bits per heavy atom. The maximum atomic E-state index is 10.3. The Morgan fingerprint density at radius 1 is 0.909 bits per heavy atom. The first kappa shape index (κ1) is 21.8. The van der Waals surface area contributed by atoms with Crippen LogP contribution >= 0.6 is 0 Å². The minimum Gasteiger partial charge on any atom is -0.460 e. The van der Waals surface area contributed by atoms with Crippen molar-refractivity contribution in [2.24, 2.45) is 0 Å². The molecule has 1 aliphatic heterocycles. The zero-order valence-electron chi connectivity index (χ0n) is 17.9. The van der Waals surface area contributed by atoms with Gasteiger partial charge in [-0.3, -0.25) is 0 Å². The molecule has 1 aliphatic rings. The van der Waals surface area contributed by atoms with E-state index >= 15 is 0 Å². The number of ether oxygens (including phenoxy) is 2. The number of imidazole rings is 1. The molecule has 0 aliphatic carbocycles. The Bertz CT molecular complexity index is 1260. The summed E-state index contributed by atoms with van der Waals surface area (Å²) in [6.45, 7) is 0.141. The van der Waals surface area contributed by atoms with Gasteiger partial charge >= 0.3 is 0 Å². The molecule has 0 spiro atoms. The van der Waals surface area contributed by atoms with Crippen molar-refractivity contribution < 1.29 is 29.9 Å². The minimum absolute atomic E-state index is 0.424. The molecule has 0 amide bonds. The molecule has 3 aromatic carbocycles. The van der Waals surface area contributed by atoms with Crippen LogP contribution in [0.1, 0.15) is 5.56 Å². The number of para-hydroxylation sites is 1. The predicted molar refractivity (Wildman–Crippen MR) is 122 cm³/mol. The van der Waals surface area contributed by atoms with Crippen LogP contribution in [-0.4, -0.2) is 67.3 Å². The fourth-order valence-corrected chi connectivity index (χ4v) is 4.29. The van der Waals surface area contributed by atoms with Crippen LogP contribution in [0.3, 0.4) is 0 Å². The summed E-state index contributed by atoms with van der Waals surface area (Å²) in [5.41, 5.74) is 2.65. The maximum Gasteiger partial charge on any atom is 0.229 e. The van der Waals surface area contributed by atoms with Gasteiger partial charge in [-0.1, -0.05) is 48.5 Å². The van der Waals surface area contributed by atoms with Gasteiger partial charge in [-0.05, 0) is 34.9 Å². The third kappa shape index (κ3) is 4.19. The number of fused-ring (bicyclic) bond motifs is 2. The number of rotatable bonds is 6. The Labute approximate surface area is 190 Å². The normalized spacial score (nSPS) is 25.5. The summed E-state index contributed by atoms with van der Waals surface area (Å²) < 4.78 is 13.4. The average molecular weight is 450 g/mol. The van der Waals surface area contributed by atoms with Gasteiger partial charge in [0, 0.05) is 6.54 Å². The van der Waals surface area contributed by atoms with Crippen molar-refractivity contribution in [1.29, 1.82) is 0 Å². The highest BCUT2D eigenvalue weighted by molar-refractivity contribution is 5.83. The second-order valence-corrected chi connectivity index (χ2v) is 8.31. The van der Waals surface area contributed by atoms with Crippen molar-refractivity contribution in [2.75, 3.05) is 6.61 Å². The molecule has 5 unspecified atom stereocenters. The van der Waals surface area contributed by atoms with Crippen molar-refractivity contribution in [3.8, 4) is 5.75 Å². The molecule has 5 rings (SSSR count). The summed E-state index contributed by atoms with van der Waals surface area (Å²) in [5.74, 6) is 0.424. The number of hydrogen-bond acceptors (Lipinski definition) is 7. The molecule has 0 bridgehead atoms. The van der Waals surface area contributed by atoms with Crippen LogP contribution in [0.25, 0.3) is 21.8 Å². The van der Waals surface area contributed by atoms with Gasteiger partial charge in [0.2, 0.25) is 6.29 Å². The van der Waals surface area contributed by atoms with Crippen molar-refractivity contribution in [3.05, 3.63) is 72.6 Å². The Kier molecular flexibility index (Phi) is 6.01. The smallest absolute Gasteiger partial charge is 0.229 e. The standard InChI is InChI=1S/C25H26N2O6/c28-13-20-22(29)23(30)24(31)25(33-20)32-19-7-3-6-18-21(19)27(14-26-18)11-10-15-8-9-16-4-1-2-5-17(16)12-15/h1-9,12,14,20,22-25,28-31H,10-11,13H2. The van der Waals surface area contributed by atoms with Gasteiger partial charge in [0.25, 0.3) is 0 Å². The zero-order chi connectivity index (χ0) is 22.9. The monoisotopic (exact) mass is 450 g/mol. The van der Waals surface area contributed by atoms with E-state index in [2.05, 4.69) is 35.3 Å². The highest BCUT2D eigenvalue weighted by atomic mass is 16.7. The first-order chi connectivity index (χ1) is 16.0. The minimum atomic E-state index is -1.50. The Morgan fingerprint density at radius 2 is 1.73 bits per heavy atom. The van der Waals surface area contributed by atoms with E-state index in [1.165, 1.54) is 16.3 Å². The molecule has 5 atom stereocenters. The Hall–Kier alpha value is -3.01. The zero-order valence-corrected chi connectivity index (χ0v) is 17.9. The number of aliphatic hydroxyl groups excluding tert-OH is 4. The van der Waals surface area contributed by atoms with Gasteiger partial charge < -0.3 is 34.5 Å². The molecule has 1 aromatic heterocycles. The molecule has 0 saturated carbocycles. The molecule has 1 saturated heterocycles. The van der Waals surface area contributed by atoms with Crippen molar-refractivity contribution >= 4 is 21.8 Å².